The maximum absolute atomic E-state index is 14.0. The highest BCUT2D eigenvalue weighted by Crippen LogP contribution is 2.44. The lowest BCUT2D eigenvalue weighted by molar-refractivity contribution is -0.137. The van der Waals surface area contributed by atoms with Crippen molar-refractivity contribution in [1.29, 1.82) is 10.5 Å². The average Bonchev–Trinajstić information content (AvgIpc) is 4.01. The van der Waals surface area contributed by atoms with Crippen LogP contribution < -0.4 is 0 Å². The number of hydrogen-bond acceptors (Lipinski definition) is 4. The average molecular weight is 783 g/mol. The molecule has 12 rings (SSSR count). The Labute approximate surface area is 337 Å². The first-order valence-corrected chi connectivity index (χ1v) is 19.2. The topological polar surface area (TPSA) is 83.7 Å². The zero-order chi connectivity index (χ0) is 40.4. The molecular formula is C51H25F3N4O2. The quantitative estimate of drug-likeness (QED) is 0.179. The van der Waals surface area contributed by atoms with Gasteiger partial charge in [0.05, 0.1) is 50.6 Å². The second-order valence-corrected chi connectivity index (χ2v) is 15.0. The van der Waals surface area contributed by atoms with Gasteiger partial charge in [-0.3, -0.25) is 0 Å². The van der Waals surface area contributed by atoms with E-state index >= 15 is 0 Å². The molecule has 0 N–H and O–H groups in total. The lowest BCUT2D eigenvalue weighted by Crippen LogP contribution is -2.07. The molecule has 0 aliphatic carbocycles. The van der Waals surface area contributed by atoms with Crippen LogP contribution in [-0.2, 0) is 6.18 Å². The summed E-state index contributed by atoms with van der Waals surface area (Å²) in [7, 11) is 0. The Morgan fingerprint density at radius 2 is 0.917 bits per heavy atom. The monoisotopic (exact) mass is 782 g/mol. The Hall–Kier alpha value is -8.27. The van der Waals surface area contributed by atoms with Crippen LogP contribution in [-0.4, -0.2) is 9.13 Å². The van der Waals surface area contributed by atoms with E-state index in [1.807, 2.05) is 137 Å². The van der Waals surface area contributed by atoms with Crippen LogP contribution in [0, 0.1) is 22.7 Å². The highest BCUT2D eigenvalue weighted by Gasteiger charge is 2.32. The molecule has 0 spiro atoms. The predicted molar refractivity (Wildman–Crippen MR) is 230 cm³/mol. The maximum Gasteiger partial charge on any atom is 0.416 e. The van der Waals surface area contributed by atoms with E-state index in [-0.39, 0.29) is 5.56 Å². The summed E-state index contributed by atoms with van der Waals surface area (Å²) in [6.45, 7) is 0. The predicted octanol–water partition coefficient (Wildman–Crippen LogP) is 14.1. The summed E-state index contributed by atoms with van der Waals surface area (Å²) in [5, 5.41) is 29.1. The van der Waals surface area contributed by atoms with Crippen molar-refractivity contribution in [3.63, 3.8) is 0 Å². The fraction of sp³-hybridized carbons (Fsp3) is 0.0196. The molecule has 0 aliphatic heterocycles. The minimum atomic E-state index is -4.65. The van der Waals surface area contributed by atoms with Crippen molar-refractivity contribution < 1.29 is 22.0 Å². The Bertz CT molecular complexity index is 3710. The highest BCUT2D eigenvalue weighted by molar-refractivity contribution is 6.19. The summed E-state index contributed by atoms with van der Waals surface area (Å²) in [6, 6.07) is 51.1. The van der Waals surface area contributed by atoms with Gasteiger partial charge in [-0.15, -0.1) is 0 Å². The Morgan fingerprint density at radius 3 is 1.40 bits per heavy atom. The molecule has 4 aromatic heterocycles. The summed E-state index contributed by atoms with van der Waals surface area (Å²) >= 11 is 0. The first-order chi connectivity index (χ1) is 29.3. The van der Waals surface area contributed by atoms with Gasteiger partial charge < -0.3 is 18.0 Å². The Balaban J connectivity index is 1.25. The van der Waals surface area contributed by atoms with Gasteiger partial charge in [-0.25, -0.2) is 0 Å². The lowest BCUT2D eigenvalue weighted by atomic mass is 9.95. The third-order valence-electron chi connectivity index (χ3n) is 11.8. The van der Waals surface area contributed by atoms with Crippen LogP contribution in [0.15, 0.2) is 160 Å². The summed E-state index contributed by atoms with van der Waals surface area (Å²) in [6.07, 6.45) is -4.65. The smallest absolute Gasteiger partial charge is 0.416 e. The largest absolute Gasteiger partial charge is 0.456 e. The number of rotatable bonds is 3. The van der Waals surface area contributed by atoms with E-state index in [0.717, 1.165) is 88.5 Å². The number of furan rings is 2. The van der Waals surface area contributed by atoms with Gasteiger partial charge in [0.1, 0.15) is 34.0 Å². The normalized spacial score (nSPS) is 12.2. The number of halogens is 3. The van der Waals surface area contributed by atoms with Crippen molar-refractivity contribution >= 4 is 87.5 Å². The van der Waals surface area contributed by atoms with Crippen LogP contribution in [0.25, 0.3) is 110 Å². The van der Waals surface area contributed by atoms with Crippen molar-refractivity contribution in [1.82, 2.24) is 9.13 Å². The first kappa shape index (κ1) is 33.8. The summed E-state index contributed by atoms with van der Waals surface area (Å²) in [4.78, 5) is 0. The minimum Gasteiger partial charge on any atom is -0.456 e. The lowest BCUT2D eigenvalue weighted by Gasteiger charge is -2.19. The number of hydrogen-bond donors (Lipinski definition) is 0. The number of fused-ring (bicyclic) bond motifs is 12. The fourth-order valence-corrected chi connectivity index (χ4v) is 9.19. The van der Waals surface area contributed by atoms with Crippen molar-refractivity contribution in [2.75, 3.05) is 0 Å². The number of nitrogens with zero attached hydrogens (tertiary/aromatic N) is 4. The van der Waals surface area contributed by atoms with Crippen molar-refractivity contribution in [2.24, 2.45) is 0 Å². The number of nitriles is 2. The molecule has 0 unspecified atom stereocenters. The molecule has 6 nitrogen and oxygen atoms in total. The number of aromatic nitrogens is 2. The molecule has 0 radical (unpaired) electrons. The molecule has 282 valence electrons. The molecule has 0 aliphatic rings. The van der Waals surface area contributed by atoms with Gasteiger partial charge in [0.2, 0.25) is 0 Å². The molecule has 0 saturated heterocycles. The number of benzene rings is 8. The Kier molecular flexibility index (Phi) is 6.84. The molecule has 0 bridgehead atoms. The third-order valence-corrected chi connectivity index (χ3v) is 11.8. The molecule has 0 atom stereocenters. The number of para-hydroxylation sites is 4. The molecule has 12 aromatic rings. The number of alkyl halides is 3. The molecule has 4 heterocycles. The fourth-order valence-electron chi connectivity index (χ4n) is 9.19. The van der Waals surface area contributed by atoms with E-state index in [1.165, 1.54) is 6.07 Å². The molecule has 0 saturated carbocycles. The van der Waals surface area contributed by atoms with Gasteiger partial charge in [0.25, 0.3) is 0 Å². The summed E-state index contributed by atoms with van der Waals surface area (Å²) in [5.41, 5.74) is 7.15. The Morgan fingerprint density at radius 1 is 0.433 bits per heavy atom. The highest BCUT2D eigenvalue weighted by atomic mass is 19.4. The summed E-state index contributed by atoms with van der Waals surface area (Å²) < 4.78 is 58.8. The van der Waals surface area contributed by atoms with Crippen molar-refractivity contribution in [2.45, 2.75) is 6.18 Å². The van der Waals surface area contributed by atoms with Crippen molar-refractivity contribution in [3.05, 3.63) is 168 Å². The molecule has 0 amide bonds. The van der Waals surface area contributed by atoms with Gasteiger partial charge in [-0.05, 0) is 83.9 Å². The third kappa shape index (κ3) is 4.69. The van der Waals surface area contributed by atoms with Crippen LogP contribution >= 0.6 is 0 Å². The minimum absolute atomic E-state index is 0.144. The maximum atomic E-state index is 14.0. The first-order valence-electron chi connectivity index (χ1n) is 19.2. The van der Waals surface area contributed by atoms with Crippen LogP contribution in [0.5, 0.6) is 0 Å². The molecule has 0 fully saturated rings. The molecule has 60 heavy (non-hydrogen) atoms. The SMILES string of the molecule is N#Cc1cc(C(F)(F)F)ccc1-c1cc(-n2c3ccccc3c3cc4oc5ccccc5c4cc32)c(C#N)c(-n2c3ccccc3c3cc4oc5ccccc5c4cc32)c1. The van der Waals surface area contributed by atoms with E-state index in [2.05, 4.69) is 18.2 Å². The van der Waals surface area contributed by atoms with E-state index in [4.69, 9.17) is 8.83 Å². The van der Waals surface area contributed by atoms with Crippen LogP contribution in [0.3, 0.4) is 0 Å². The standard InChI is InChI=1S/C51H25F3N4O2/c52-51(53,54)30-17-18-31(29(19-30)26-55)28-20-43(57-41-13-5-1-9-32(41)36-24-49-38(22-45(36)57)34-11-3-7-15-47(34)59-49)40(27-56)44(21-28)58-42-14-6-2-10-33(42)37-25-50-39(23-46(37)58)35-12-4-8-16-48(35)60-50/h1-25H. The summed E-state index contributed by atoms with van der Waals surface area (Å²) in [5.74, 6) is 0. The molecular weight excluding hydrogens is 758 g/mol. The van der Waals surface area contributed by atoms with Crippen LogP contribution in [0.2, 0.25) is 0 Å². The second-order valence-electron chi connectivity index (χ2n) is 15.0. The zero-order valence-electron chi connectivity index (χ0n) is 31.2. The van der Waals surface area contributed by atoms with Crippen molar-refractivity contribution in [3.8, 4) is 34.6 Å². The van der Waals surface area contributed by atoms with Gasteiger partial charge in [0.15, 0.2) is 0 Å². The molecule has 9 heteroatoms. The zero-order valence-corrected chi connectivity index (χ0v) is 31.2. The van der Waals surface area contributed by atoms with E-state index in [9.17, 15) is 23.7 Å². The van der Waals surface area contributed by atoms with Crippen LogP contribution in [0.1, 0.15) is 16.7 Å². The van der Waals surface area contributed by atoms with E-state index in [0.29, 0.717) is 39.2 Å². The van der Waals surface area contributed by atoms with Crippen LogP contribution in [0.4, 0.5) is 13.2 Å². The van der Waals surface area contributed by atoms with Gasteiger partial charge >= 0.3 is 6.18 Å². The van der Waals surface area contributed by atoms with Gasteiger partial charge in [0, 0.05) is 43.1 Å². The van der Waals surface area contributed by atoms with Gasteiger partial charge in [-0.1, -0.05) is 78.9 Å². The van der Waals surface area contributed by atoms with E-state index < -0.39 is 11.7 Å². The van der Waals surface area contributed by atoms with E-state index in [1.54, 1.807) is 0 Å². The van der Waals surface area contributed by atoms with Gasteiger partial charge in [-0.2, -0.15) is 23.7 Å². The molecule has 8 aromatic carbocycles. The second kappa shape index (κ2) is 12.1.